The Hall–Kier alpha value is -2.41. The highest BCUT2D eigenvalue weighted by Crippen LogP contribution is 2.36. The number of hydrogen-bond acceptors (Lipinski definition) is 3. The van der Waals surface area contributed by atoms with Gasteiger partial charge in [-0.1, -0.05) is 0 Å². The largest absolute Gasteiger partial charge is 0.473 e. The van der Waals surface area contributed by atoms with E-state index in [9.17, 15) is 4.39 Å². The van der Waals surface area contributed by atoms with Gasteiger partial charge in [-0.2, -0.15) is 0 Å². The number of carbonyl (C=O) groups is 2. The maximum Gasteiger partial charge on any atom is 0.414 e. The minimum absolute atomic E-state index is 0.219. The maximum absolute atomic E-state index is 13.0. The number of nitrogens with zero attached hydrogens (tertiary/aromatic N) is 1. The maximum atomic E-state index is 13.0. The number of halogens is 1. The van der Waals surface area contributed by atoms with E-state index in [-0.39, 0.29) is 5.82 Å². The van der Waals surface area contributed by atoms with Crippen LogP contribution >= 0.6 is 0 Å². The summed E-state index contributed by atoms with van der Waals surface area (Å²) >= 11 is 0. The first-order valence-electron chi connectivity index (χ1n) is 5.74. The van der Waals surface area contributed by atoms with Crippen molar-refractivity contribution in [1.29, 1.82) is 0 Å². The van der Waals surface area contributed by atoms with Crippen molar-refractivity contribution in [1.82, 2.24) is 5.32 Å². The molecular weight excluding hydrogens is 267 g/mol. The van der Waals surface area contributed by atoms with Gasteiger partial charge in [0, 0.05) is 11.3 Å². The van der Waals surface area contributed by atoms with E-state index in [2.05, 4.69) is 5.32 Å². The second kappa shape index (κ2) is 6.67. The van der Waals surface area contributed by atoms with Crippen LogP contribution < -0.4 is 11.1 Å². The summed E-state index contributed by atoms with van der Waals surface area (Å²) in [5.74, 6) is -3.87. The number of fused-ring (bicyclic) bond motifs is 1. The fourth-order valence-electron chi connectivity index (χ4n) is 1.75. The Labute approximate surface area is 114 Å². The Kier molecular flexibility index (Phi) is 5.22. The lowest BCUT2D eigenvalue weighted by Gasteiger charge is -2.02. The van der Waals surface area contributed by atoms with Gasteiger partial charge in [0.1, 0.15) is 5.82 Å². The summed E-state index contributed by atoms with van der Waals surface area (Å²) in [5, 5.41) is 19.1. The lowest BCUT2D eigenvalue weighted by Crippen LogP contribution is -2.09. The van der Waals surface area contributed by atoms with Crippen molar-refractivity contribution in [3.05, 3.63) is 35.3 Å². The molecule has 4 N–H and O–H groups in total. The van der Waals surface area contributed by atoms with Crippen LogP contribution in [0.15, 0.2) is 23.9 Å². The second-order valence-corrected chi connectivity index (χ2v) is 3.99. The van der Waals surface area contributed by atoms with E-state index < -0.39 is 11.9 Å². The monoisotopic (exact) mass is 281 g/mol. The van der Waals surface area contributed by atoms with E-state index in [0.717, 1.165) is 28.9 Å². The summed E-state index contributed by atoms with van der Waals surface area (Å²) in [7, 11) is 0. The molecule has 1 radical (unpaired) electrons. The van der Waals surface area contributed by atoms with Crippen molar-refractivity contribution >= 4 is 23.2 Å². The van der Waals surface area contributed by atoms with Gasteiger partial charge in [0.2, 0.25) is 0 Å². The molecule has 0 aromatic heterocycles. The fourth-order valence-corrected chi connectivity index (χ4v) is 1.75. The Morgan fingerprint density at radius 1 is 1.30 bits per heavy atom. The molecule has 20 heavy (non-hydrogen) atoms. The van der Waals surface area contributed by atoms with E-state index in [4.69, 9.17) is 25.5 Å². The first kappa shape index (κ1) is 15.6. The number of nitrogens with two attached hydrogens (primary N) is 1. The van der Waals surface area contributed by atoms with E-state index in [1.54, 1.807) is 6.07 Å². The quantitative estimate of drug-likeness (QED) is 0.707. The van der Waals surface area contributed by atoms with E-state index >= 15 is 0 Å². The van der Waals surface area contributed by atoms with Crippen LogP contribution in [-0.2, 0) is 9.59 Å². The second-order valence-electron chi connectivity index (χ2n) is 3.99. The van der Waals surface area contributed by atoms with Crippen molar-refractivity contribution in [2.24, 2.45) is 5.73 Å². The lowest BCUT2D eigenvalue weighted by atomic mass is 10.0. The van der Waals surface area contributed by atoms with Gasteiger partial charge < -0.3 is 15.9 Å². The van der Waals surface area contributed by atoms with Gasteiger partial charge >= 0.3 is 11.9 Å². The van der Waals surface area contributed by atoms with Gasteiger partial charge in [-0.25, -0.2) is 14.0 Å². The van der Waals surface area contributed by atoms with Crippen LogP contribution in [0.2, 0.25) is 0 Å². The number of benzene rings is 1. The summed E-state index contributed by atoms with van der Waals surface area (Å²) < 4.78 is 13.0. The fraction of sp³-hybridized carbons (Fsp3) is 0.231. The topological polar surface area (TPSA) is 115 Å². The average Bonchev–Trinajstić information content (AvgIpc) is 2.67. The van der Waals surface area contributed by atoms with Gasteiger partial charge in [0.05, 0.1) is 5.69 Å². The third-order valence-corrected chi connectivity index (χ3v) is 2.59. The van der Waals surface area contributed by atoms with Gasteiger partial charge in [-0.15, -0.1) is 0 Å². The van der Waals surface area contributed by atoms with Gasteiger partial charge in [-0.3, -0.25) is 5.32 Å². The third-order valence-electron chi connectivity index (χ3n) is 2.59. The number of rotatable bonds is 2. The molecule has 0 saturated heterocycles. The third kappa shape index (κ3) is 3.79. The molecule has 1 aromatic rings. The van der Waals surface area contributed by atoms with Gasteiger partial charge in [0.25, 0.3) is 0 Å². The smallest absolute Gasteiger partial charge is 0.414 e. The van der Waals surface area contributed by atoms with Crippen LogP contribution in [0, 0.1) is 5.82 Å². The highest BCUT2D eigenvalue weighted by molar-refractivity contribution is 6.27. The van der Waals surface area contributed by atoms with Gasteiger partial charge in [-0.05, 0) is 43.7 Å². The van der Waals surface area contributed by atoms with Crippen molar-refractivity contribution in [3.8, 4) is 0 Å². The molecule has 0 saturated carbocycles. The van der Waals surface area contributed by atoms with Crippen molar-refractivity contribution in [2.75, 3.05) is 6.54 Å². The number of carboxylic acid groups (broad SMARTS) is 2. The molecule has 7 heteroatoms. The van der Waals surface area contributed by atoms with Crippen molar-refractivity contribution in [2.45, 2.75) is 13.3 Å². The lowest BCUT2D eigenvalue weighted by molar-refractivity contribution is -0.159. The summed E-state index contributed by atoms with van der Waals surface area (Å²) in [4.78, 5) is 18.2. The van der Waals surface area contributed by atoms with Crippen LogP contribution in [0.4, 0.5) is 10.1 Å². The zero-order valence-electron chi connectivity index (χ0n) is 10.8. The zero-order valence-corrected chi connectivity index (χ0v) is 10.8. The molecule has 1 heterocycles. The molecule has 0 amide bonds. The van der Waals surface area contributed by atoms with E-state index in [1.807, 2.05) is 6.92 Å². The zero-order chi connectivity index (χ0) is 15.3. The molecule has 107 valence electrons. The van der Waals surface area contributed by atoms with Crippen LogP contribution in [0.3, 0.4) is 0 Å². The molecule has 1 aromatic carbocycles. The van der Waals surface area contributed by atoms with Crippen LogP contribution in [-0.4, -0.2) is 28.7 Å². The summed E-state index contributed by atoms with van der Waals surface area (Å²) in [5.41, 5.74) is 9.27. The molecular formula is C13H14FN2O4. The summed E-state index contributed by atoms with van der Waals surface area (Å²) in [6.07, 6.45) is 0.756. The standard InChI is InChI=1S/C11H12FN2.C2H2O4/c1-7-9(4-5-13)10-6-8(12)2-3-11(10)14-7;3-1(4)2(5)6/h2-3,6H,4-5,13H2,1H3;(H,3,4)(H,5,6). The van der Waals surface area contributed by atoms with Crippen LogP contribution in [0.5, 0.6) is 0 Å². The van der Waals surface area contributed by atoms with Crippen LogP contribution in [0.25, 0.3) is 5.57 Å². The molecule has 0 atom stereocenters. The number of aliphatic carboxylic acids is 2. The number of carboxylic acids is 2. The first-order valence-corrected chi connectivity index (χ1v) is 5.74. The molecule has 2 rings (SSSR count). The van der Waals surface area contributed by atoms with Crippen LogP contribution in [0.1, 0.15) is 18.9 Å². The average molecular weight is 281 g/mol. The highest BCUT2D eigenvalue weighted by Gasteiger charge is 2.19. The number of allylic oxidation sites excluding steroid dienone is 1. The normalized spacial score (nSPS) is 12.2. The highest BCUT2D eigenvalue weighted by atomic mass is 19.1. The predicted octanol–water partition coefficient (Wildman–Crippen LogP) is 1.31. The minimum Gasteiger partial charge on any atom is -0.473 e. The summed E-state index contributed by atoms with van der Waals surface area (Å²) in [6, 6.07) is 4.67. The first-order chi connectivity index (χ1) is 9.36. The molecule has 1 aliphatic rings. The predicted molar refractivity (Wildman–Crippen MR) is 69.7 cm³/mol. The molecule has 1 aliphatic heterocycles. The Bertz CT molecular complexity index is 557. The van der Waals surface area contributed by atoms with E-state index in [0.29, 0.717) is 6.54 Å². The Balaban J connectivity index is 0.000000286. The molecule has 0 bridgehead atoms. The molecule has 0 spiro atoms. The molecule has 0 aliphatic carbocycles. The molecule has 0 unspecified atom stereocenters. The van der Waals surface area contributed by atoms with Crippen molar-refractivity contribution in [3.63, 3.8) is 0 Å². The summed E-state index contributed by atoms with van der Waals surface area (Å²) in [6.45, 7) is 2.50. The van der Waals surface area contributed by atoms with E-state index in [1.165, 1.54) is 12.1 Å². The van der Waals surface area contributed by atoms with Crippen molar-refractivity contribution < 1.29 is 24.2 Å². The Morgan fingerprint density at radius 2 is 1.90 bits per heavy atom. The SMILES string of the molecule is CC1=C(CCN)c2cc(F)ccc2[N]1.O=C(O)C(=O)O. The minimum atomic E-state index is -1.82. The Morgan fingerprint density at radius 3 is 2.40 bits per heavy atom. The number of hydrogen-bond donors (Lipinski definition) is 3. The molecule has 0 fully saturated rings. The molecule has 6 nitrogen and oxygen atoms in total. The van der Waals surface area contributed by atoms with Gasteiger partial charge in [0.15, 0.2) is 0 Å².